The second-order valence-electron chi connectivity index (χ2n) is 9.43. The van der Waals surface area contributed by atoms with Gasteiger partial charge in [-0.05, 0) is 53.9 Å². The first kappa shape index (κ1) is 29.1. The number of ketones is 1. The maximum absolute atomic E-state index is 13.6. The summed E-state index contributed by atoms with van der Waals surface area (Å²) in [7, 11) is 4.28. The van der Waals surface area contributed by atoms with Crippen LogP contribution in [0.4, 0.5) is 5.69 Å². The molecule has 0 bridgehead atoms. The van der Waals surface area contributed by atoms with E-state index in [2.05, 4.69) is 0 Å². The summed E-state index contributed by atoms with van der Waals surface area (Å²) in [6.07, 6.45) is 0. The van der Waals surface area contributed by atoms with Gasteiger partial charge < -0.3 is 24.1 Å². The van der Waals surface area contributed by atoms with Crippen molar-refractivity contribution in [3.63, 3.8) is 0 Å². The Kier molecular flexibility index (Phi) is 8.81. The van der Waals surface area contributed by atoms with E-state index in [0.717, 1.165) is 0 Å². The highest BCUT2D eigenvalue weighted by atomic mass is 35.5. The van der Waals surface area contributed by atoms with Crippen molar-refractivity contribution in [2.45, 2.75) is 19.9 Å². The molecule has 0 spiro atoms. The molecule has 1 amide bonds. The number of halogens is 2. The molecule has 0 aromatic heterocycles. The van der Waals surface area contributed by atoms with Crippen LogP contribution in [0.1, 0.15) is 31.0 Å². The summed E-state index contributed by atoms with van der Waals surface area (Å²) in [6, 6.07) is 14.1. The van der Waals surface area contributed by atoms with Gasteiger partial charge in [0, 0.05) is 5.69 Å². The molecule has 1 unspecified atom stereocenters. The van der Waals surface area contributed by atoms with E-state index in [-0.39, 0.29) is 32.7 Å². The first-order valence-electron chi connectivity index (χ1n) is 12.4. The van der Waals surface area contributed by atoms with Crippen LogP contribution in [0.15, 0.2) is 60.2 Å². The van der Waals surface area contributed by atoms with Gasteiger partial charge >= 0.3 is 0 Å². The summed E-state index contributed by atoms with van der Waals surface area (Å²) in [6.45, 7) is 4.62. The molecule has 10 heteroatoms. The minimum absolute atomic E-state index is 0.00580. The van der Waals surface area contributed by atoms with Crippen molar-refractivity contribution in [3.05, 3.63) is 81.3 Å². The molecule has 4 rings (SSSR count). The Morgan fingerprint density at radius 1 is 0.900 bits per heavy atom. The fraction of sp³-hybridized carbons (Fsp3) is 0.267. The quantitative estimate of drug-likeness (QED) is 0.170. The normalized spacial score (nSPS) is 16.4. The topological polar surface area (TPSA) is 94.5 Å². The number of hydrogen-bond acceptors (Lipinski definition) is 7. The number of carbonyl (C=O) groups is 2. The standard InChI is InChI=1S/C30H29Cl2NO7/c1-16(2)15-40-20-12-8-18(9-13-20)33-25(17-6-10-19(37-3)11-7-17)23(27(35)30(33)36)26(34)21-14-22(31)29(39-5)24(32)28(21)38-4/h6-14,16,25,34H,15H2,1-5H3/b26-23+. The molecule has 0 radical (unpaired) electrons. The largest absolute Gasteiger partial charge is 0.507 e. The zero-order valence-corrected chi connectivity index (χ0v) is 24.2. The average molecular weight is 586 g/mol. The van der Waals surface area contributed by atoms with Crippen molar-refractivity contribution in [2.75, 3.05) is 32.8 Å². The summed E-state index contributed by atoms with van der Waals surface area (Å²) in [5.74, 6) is -0.474. The Balaban J connectivity index is 1.91. The molecule has 1 heterocycles. The Bertz CT molecular complexity index is 1450. The second kappa shape index (κ2) is 12.1. The number of carbonyl (C=O) groups excluding carboxylic acids is 2. The number of hydrogen-bond donors (Lipinski definition) is 1. The van der Waals surface area contributed by atoms with Gasteiger partial charge in [0.15, 0.2) is 11.5 Å². The lowest BCUT2D eigenvalue weighted by molar-refractivity contribution is -0.132. The molecular formula is C30H29Cl2NO7. The predicted octanol–water partition coefficient (Wildman–Crippen LogP) is 6.68. The molecule has 8 nitrogen and oxygen atoms in total. The van der Waals surface area contributed by atoms with E-state index in [1.807, 2.05) is 13.8 Å². The molecule has 1 aliphatic rings. The van der Waals surface area contributed by atoms with Crippen molar-refractivity contribution in [3.8, 4) is 23.0 Å². The highest BCUT2D eigenvalue weighted by Crippen LogP contribution is 2.48. The smallest absolute Gasteiger partial charge is 0.300 e. The zero-order valence-electron chi connectivity index (χ0n) is 22.7. The molecule has 1 aliphatic heterocycles. The monoisotopic (exact) mass is 585 g/mol. The number of rotatable bonds is 9. The fourth-order valence-electron chi connectivity index (χ4n) is 4.46. The molecule has 1 atom stereocenters. The van der Waals surface area contributed by atoms with Crippen molar-refractivity contribution < 1.29 is 33.6 Å². The SMILES string of the molecule is COc1ccc(C2/C(=C(\O)c3cc(Cl)c(OC)c(Cl)c3OC)C(=O)C(=O)N2c2ccc(OCC(C)C)cc2)cc1. The van der Waals surface area contributed by atoms with Crippen LogP contribution in [-0.4, -0.2) is 44.7 Å². The van der Waals surface area contributed by atoms with Gasteiger partial charge in [0.25, 0.3) is 11.7 Å². The van der Waals surface area contributed by atoms with E-state index in [1.165, 1.54) is 32.3 Å². The molecule has 3 aromatic rings. The Labute approximate surface area is 242 Å². The van der Waals surface area contributed by atoms with Crippen molar-refractivity contribution in [1.29, 1.82) is 0 Å². The number of aliphatic hydroxyl groups is 1. The van der Waals surface area contributed by atoms with Gasteiger partial charge in [-0.2, -0.15) is 0 Å². The van der Waals surface area contributed by atoms with Crippen LogP contribution >= 0.6 is 23.2 Å². The molecule has 0 saturated carbocycles. The van der Waals surface area contributed by atoms with Gasteiger partial charge in [0.2, 0.25) is 0 Å². The third kappa shape index (κ3) is 5.42. The van der Waals surface area contributed by atoms with E-state index in [1.54, 1.807) is 48.5 Å². The molecule has 1 fully saturated rings. The maximum atomic E-state index is 13.6. The van der Waals surface area contributed by atoms with E-state index in [4.69, 9.17) is 42.1 Å². The van der Waals surface area contributed by atoms with Crippen molar-refractivity contribution in [2.24, 2.45) is 5.92 Å². The van der Waals surface area contributed by atoms with Gasteiger partial charge in [-0.1, -0.05) is 49.2 Å². The van der Waals surface area contributed by atoms with Crippen LogP contribution in [0, 0.1) is 5.92 Å². The lowest BCUT2D eigenvalue weighted by Gasteiger charge is -2.26. The van der Waals surface area contributed by atoms with E-state index in [9.17, 15) is 14.7 Å². The van der Waals surface area contributed by atoms with Crippen molar-refractivity contribution >= 4 is 46.3 Å². The third-order valence-electron chi connectivity index (χ3n) is 6.37. The minimum Gasteiger partial charge on any atom is -0.507 e. The van der Waals surface area contributed by atoms with E-state index >= 15 is 0 Å². The number of methoxy groups -OCH3 is 3. The van der Waals surface area contributed by atoms with Gasteiger partial charge in [0.05, 0.1) is 50.1 Å². The molecule has 1 N–H and O–H groups in total. The molecule has 3 aromatic carbocycles. The van der Waals surface area contributed by atoms with Crippen LogP contribution in [0.5, 0.6) is 23.0 Å². The molecule has 210 valence electrons. The highest BCUT2D eigenvalue weighted by Gasteiger charge is 2.47. The number of Topliss-reactive ketones (excluding diaryl/α,β-unsaturated/α-hetero) is 1. The van der Waals surface area contributed by atoms with Crippen LogP contribution in [-0.2, 0) is 9.59 Å². The second-order valence-corrected chi connectivity index (χ2v) is 10.2. The van der Waals surface area contributed by atoms with Crippen LogP contribution < -0.4 is 23.8 Å². The van der Waals surface area contributed by atoms with Crippen LogP contribution in [0.2, 0.25) is 10.0 Å². The first-order chi connectivity index (χ1) is 19.1. The third-order valence-corrected chi connectivity index (χ3v) is 6.99. The maximum Gasteiger partial charge on any atom is 0.300 e. The predicted molar refractivity (Wildman–Crippen MR) is 154 cm³/mol. The number of nitrogens with zero attached hydrogens (tertiary/aromatic N) is 1. The summed E-state index contributed by atoms with van der Waals surface area (Å²) >= 11 is 12.8. The fourth-order valence-corrected chi connectivity index (χ4v) is 5.14. The number of benzene rings is 3. The van der Waals surface area contributed by atoms with Gasteiger partial charge in [0.1, 0.15) is 22.3 Å². The van der Waals surface area contributed by atoms with Crippen molar-refractivity contribution in [1.82, 2.24) is 0 Å². The lowest BCUT2D eigenvalue weighted by Crippen LogP contribution is -2.29. The molecule has 1 saturated heterocycles. The Morgan fingerprint density at radius 3 is 2.05 bits per heavy atom. The summed E-state index contributed by atoms with van der Waals surface area (Å²) in [4.78, 5) is 28.4. The molecule has 40 heavy (non-hydrogen) atoms. The highest BCUT2D eigenvalue weighted by molar-refractivity contribution is 6.52. The molecular weight excluding hydrogens is 557 g/mol. The number of amides is 1. The van der Waals surface area contributed by atoms with E-state index < -0.39 is 23.5 Å². The van der Waals surface area contributed by atoms with E-state index in [0.29, 0.717) is 35.3 Å². The van der Waals surface area contributed by atoms with Gasteiger partial charge in [-0.3, -0.25) is 14.5 Å². The number of ether oxygens (including phenoxy) is 4. The van der Waals surface area contributed by atoms with Crippen LogP contribution in [0.3, 0.4) is 0 Å². The van der Waals surface area contributed by atoms with Gasteiger partial charge in [-0.15, -0.1) is 0 Å². The average Bonchev–Trinajstić information content (AvgIpc) is 3.21. The number of anilines is 1. The number of aliphatic hydroxyl groups excluding tert-OH is 1. The summed E-state index contributed by atoms with van der Waals surface area (Å²) in [5, 5.41) is 11.7. The zero-order chi connectivity index (χ0) is 29.1. The molecule has 0 aliphatic carbocycles. The first-order valence-corrected chi connectivity index (χ1v) is 13.2. The Morgan fingerprint density at radius 2 is 1.50 bits per heavy atom. The summed E-state index contributed by atoms with van der Waals surface area (Å²) < 4.78 is 21.7. The lowest BCUT2D eigenvalue weighted by atomic mass is 9.94. The van der Waals surface area contributed by atoms with Gasteiger partial charge in [-0.25, -0.2) is 0 Å². The van der Waals surface area contributed by atoms with Crippen LogP contribution in [0.25, 0.3) is 5.76 Å². The Hall–Kier alpha value is -3.88. The minimum atomic E-state index is -0.988. The summed E-state index contributed by atoms with van der Waals surface area (Å²) in [5.41, 5.74) is 0.876.